The van der Waals surface area contributed by atoms with Crippen LogP contribution in [0.1, 0.15) is 58.8 Å². The number of nitrogens with one attached hydrogen (secondary N) is 2. The van der Waals surface area contributed by atoms with Crippen LogP contribution in [0.4, 0.5) is 0 Å². The van der Waals surface area contributed by atoms with E-state index < -0.39 is 0 Å². The highest BCUT2D eigenvalue weighted by atomic mass is 32.1. The highest BCUT2D eigenvalue weighted by Crippen LogP contribution is 2.34. The van der Waals surface area contributed by atoms with Gasteiger partial charge < -0.3 is 15.5 Å². The summed E-state index contributed by atoms with van der Waals surface area (Å²) in [7, 11) is 3.94. The largest absolute Gasteiger partial charge is 0.364 e. The molecule has 1 aromatic rings. The molecule has 0 spiro atoms. The van der Waals surface area contributed by atoms with E-state index in [1.165, 1.54) is 17.7 Å². The Balaban J connectivity index is 1.72. The second kappa shape index (κ2) is 10.1. The minimum Gasteiger partial charge on any atom is -0.364 e. The Labute approximate surface area is 195 Å². The normalized spacial score (nSPS) is 17.5. The molecule has 0 aromatic carbocycles. The van der Waals surface area contributed by atoms with Crippen molar-refractivity contribution < 1.29 is 4.79 Å². The first kappa shape index (κ1) is 23.7. The molecule has 1 aromatic heterocycles. The van der Waals surface area contributed by atoms with Gasteiger partial charge in [0, 0.05) is 42.5 Å². The molecule has 7 heteroatoms. The van der Waals surface area contributed by atoms with Gasteiger partial charge in [0.25, 0.3) is 5.91 Å². The Bertz CT molecular complexity index is 936. The van der Waals surface area contributed by atoms with E-state index in [9.17, 15) is 4.79 Å². The van der Waals surface area contributed by atoms with Gasteiger partial charge in [0.15, 0.2) is 5.11 Å². The minimum atomic E-state index is 0.0638. The molecule has 1 fully saturated rings. The summed E-state index contributed by atoms with van der Waals surface area (Å²) in [6.45, 7) is 11.2. The number of allylic oxidation sites excluding steroid dienone is 2. The fourth-order valence-electron chi connectivity index (χ4n) is 3.53. The van der Waals surface area contributed by atoms with Crippen molar-refractivity contribution in [1.82, 2.24) is 15.5 Å². The smallest absolute Gasteiger partial charge is 0.252 e. The second-order valence-corrected chi connectivity index (χ2v) is 10.7. The molecule has 2 aliphatic carbocycles. The fourth-order valence-corrected chi connectivity index (χ4v) is 4.95. The Kier molecular flexibility index (Phi) is 7.70. The van der Waals surface area contributed by atoms with Crippen molar-refractivity contribution in [3.63, 3.8) is 0 Å². The summed E-state index contributed by atoms with van der Waals surface area (Å²) in [5.74, 6) is 1.97. The molecule has 0 saturated heterocycles. The van der Waals surface area contributed by atoms with Crippen LogP contribution in [-0.4, -0.2) is 42.3 Å². The fraction of sp³-hybridized carbons (Fsp3) is 0.542. The van der Waals surface area contributed by atoms with Crippen molar-refractivity contribution in [3.8, 4) is 0 Å². The summed E-state index contributed by atoms with van der Waals surface area (Å²) >= 11 is 7.29. The van der Waals surface area contributed by atoms with E-state index in [2.05, 4.69) is 31.1 Å². The number of thiophene rings is 1. The maximum Gasteiger partial charge on any atom is 0.252 e. The Morgan fingerprint density at radius 3 is 2.68 bits per heavy atom. The number of hydrogen-bond donors (Lipinski definition) is 2. The zero-order valence-electron chi connectivity index (χ0n) is 19.3. The molecule has 0 aliphatic heterocycles. The van der Waals surface area contributed by atoms with E-state index in [0.717, 1.165) is 52.5 Å². The molecule has 5 nitrogen and oxygen atoms in total. The highest BCUT2D eigenvalue weighted by Gasteiger charge is 2.27. The predicted molar refractivity (Wildman–Crippen MR) is 135 cm³/mol. The van der Waals surface area contributed by atoms with Crippen LogP contribution >= 0.6 is 23.6 Å². The minimum absolute atomic E-state index is 0.0638. The van der Waals surface area contributed by atoms with Gasteiger partial charge in [-0.05, 0) is 73.9 Å². The zero-order chi connectivity index (χ0) is 22.7. The van der Waals surface area contributed by atoms with Crippen molar-refractivity contribution in [3.05, 3.63) is 44.9 Å². The summed E-state index contributed by atoms with van der Waals surface area (Å²) in [6.07, 6.45) is 6.96. The number of carbonyl (C=O) groups excluding carboxylic acids is 1. The Morgan fingerprint density at radius 2 is 2.06 bits per heavy atom. The van der Waals surface area contributed by atoms with Crippen LogP contribution < -0.4 is 10.6 Å². The Morgan fingerprint density at radius 1 is 1.35 bits per heavy atom. The molecule has 0 bridgehead atoms. The SMILES string of the molecule is C=C(/C=C(/NC(=S)N=C1CCc2sc(C)c(C(=O)NCC3CC3)c2C1)N(C)C)C(C)C. The average molecular weight is 459 g/mol. The molecular weight excluding hydrogens is 424 g/mol. The molecule has 3 rings (SSSR count). The van der Waals surface area contributed by atoms with Gasteiger partial charge in [-0.2, -0.15) is 0 Å². The van der Waals surface area contributed by atoms with Crippen LogP contribution in [-0.2, 0) is 12.8 Å². The summed E-state index contributed by atoms with van der Waals surface area (Å²) in [5, 5.41) is 6.82. The number of aryl methyl sites for hydroxylation is 2. The van der Waals surface area contributed by atoms with E-state index in [1.807, 2.05) is 32.0 Å². The molecular formula is C24H34N4OS2. The van der Waals surface area contributed by atoms with Gasteiger partial charge in [0.2, 0.25) is 0 Å². The number of carbonyl (C=O) groups is 1. The summed E-state index contributed by atoms with van der Waals surface area (Å²) < 4.78 is 0. The summed E-state index contributed by atoms with van der Waals surface area (Å²) in [4.78, 5) is 21.9. The average Bonchev–Trinajstić information content (AvgIpc) is 3.46. The molecule has 31 heavy (non-hydrogen) atoms. The topological polar surface area (TPSA) is 56.7 Å². The number of nitrogens with zero attached hydrogens (tertiary/aromatic N) is 2. The van der Waals surface area contributed by atoms with Gasteiger partial charge in [-0.25, -0.2) is 4.99 Å². The van der Waals surface area contributed by atoms with Gasteiger partial charge in [-0.3, -0.25) is 4.79 Å². The van der Waals surface area contributed by atoms with E-state index in [1.54, 1.807) is 11.3 Å². The predicted octanol–water partition coefficient (Wildman–Crippen LogP) is 4.62. The van der Waals surface area contributed by atoms with Crippen molar-refractivity contribution >= 4 is 40.3 Å². The second-order valence-electron chi connectivity index (χ2n) is 9.03. The van der Waals surface area contributed by atoms with E-state index in [-0.39, 0.29) is 5.91 Å². The third kappa shape index (κ3) is 6.26. The third-order valence-corrected chi connectivity index (χ3v) is 7.20. The van der Waals surface area contributed by atoms with E-state index >= 15 is 0 Å². The lowest BCUT2D eigenvalue weighted by molar-refractivity contribution is 0.0951. The molecule has 168 valence electrons. The molecule has 0 atom stereocenters. The molecule has 1 amide bonds. The van der Waals surface area contributed by atoms with Crippen LogP contribution in [0.15, 0.2) is 29.0 Å². The van der Waals surface area contributed by atoms with Crippen LogP contribution in [0, 0.1) is 18.8 Å². The molecule has 2 aliphatic rings. The van der Waals surface area contributed by atoms with Crippen molar-refractivity contribution in [2.75, 3.05) is 20.6 Å². The third-order valence-electron chi connectivity index (χ3n) is 5.80. The Hall–Kier alpha value is -1.99. The van der Waals surface area contributed by atoms with E-state index in [4.69, 9.17) is 17.2 Å². The van der Waals surface area contributed by atoms with Crippen LogP contribution in [0.25, 0.3) is 0 Å². The van der Waals surface area contributed by atoms with Gasteiger partial charge >= 0.3 is 0 Å². The number of hydrogen-bond acceptors (Lipinski definition) is 4. The standard InChI is InChI=1S/C24H34N4OS2/c1-14(2)15(3)11-21(28(5)6)27-24(30)26-18-9-10-20-19(12-18)22(16(4)31-20)23(29)25-13-17-7-8-17/h11,14,17H,3,7-10,12-13H2,1-2,4-6H3,(H,25,29)(H,27,30)/b21-11-,26-18?. The first-order valence-corrected chi connectivity index (χ1v) is 12.2. The van der Waals surface area contributed by atoms with Crippen LogP contribution in [0.5, 0.6) is 0 Å². The lowest BCUT2D eigenvalue weighted by atomic mass is 9.93. The zero-order valence-corrected chi connectivity index (χ0v) is 20.9. The van der Waals surface area contributed by atoms with E-state index in [0.29, 0.717) is 23.4 Å². The van der Waals surface area contributed by atoms with Gasteiger partial charge in [0.05, 0.1) is 5.56 Å². The van der Waals surface area contributed by atoms with Gasteiger partial charge in [-0.15, -0.1) is 11.3 Å². The first-order chi connectivity index (χ1) is 14.7. The first-order valence-electron chi connectivity index (χ1n) is 11.0. The highest BCUT2D eigenvalue weighted by molar-refractivity contribution is 7.80. The molecule has 0 unspecified atom stereocenters. The number of fused-ring (bicyclic) bond motifs is 1. The molecule has 1 saturated carbocycles. The molecule has 1 heterocycles. The quantitative estimate of drug-likeness (QED) is 0.463. The monoisotopic (exact) mass is 458 g/mol. The van der Waals surface area contributed by atoms with Gasteiger partial charge in [-0.1, -0.05) is 20.4 Å². The maximum absolute atomic E-state index is 12.8. The van der Waals surface area contributed by atoms with Gasteiger partial charge in [0.1, 0.15) is 5.82 Å². The number of amides is 1. The van der Waals surface area contributed by atoms with Crippen LogP contribution in [0.2, 0.25) is 0 Å². The molecule has 2 N–H and O–H groups in total. The summed E-state index contributed by atoms with van der Waals surface area (Å²) in [6, 6.07) is 0. The lowest BCUT2D eigenvalue weighted by Gasteiger charge is -2.21. The van der Waals surface area contributed by atoms with Crippen molar-refractivity contribution in [2.24, 2.45) is 16.8 Å². The maximum atomic E-state index is 12.8. The van der Waals surface area contributed by atoms with Crippen molar-refractivity contribution in [1.29, 1.82) is 0 Å². The van der Waals surface area contributed by atoms with Crippen molar-refractivity contribution in [2.45, 2.75) is 52.9 Å². The number of thiocarbonyl (C=S) groups is 1. The molecule has 0 radical (unpaired) electrons. The number of rotatable bonds is 7. The van der Waals surface area contributed by atoms with Crippen LogP contribution in [0.3, 0.4) is 0 Å². The lowest BCUT2D eigenvalue weighted by Crippen LogP contribution is -2.30. The summed E-state index contributed by atoms with van der Waals surface area (Å²) in [5.41, 5.74) is 4.05. The number of aliphatic imine (C=N–C) groups is 1.